The maximum absolute atomic E-state index is 6.41. The van der Waals surface area contributed by atoms with Gasteiger partial charge < -0.3 is 19.9 Å². The molecule has 0 fully saturated rings. The summed E-state index contributed by atoms with van der Waals surface area (Å²) in [6, 6.07) is 13.4. The van der Waals surface area contributed by atoms with E-state index in [2.05, 4.69) is 0 Å². The first-order valence-electron chi connectivity index (χ1n) is 7.16. The van der Waals surface area contributed by atoms with Crippen LogP contribution >= 0.6 is 0 Å². The number of para-hydroxylation sites is 1. The molecule has 0 saturated heterocycles. The second-order valence-corrected chi connectivity index (χ2v) is 4.85. The molecule has 0 bridgehead atoms. The summed E-state index contributed by atoms with van der Waals surface area (Å²) in [4.78, 5) is 0. The van der Waals surface area contributed by atoms with Gasteiger partial charge in [0.05, 0.1) is 12.6 Å². The summed E-state index contributed by atoms with van der Waals surface area (Å²) in [5.74, 6) is 2.33. The molecule has 1 heterocycles. The second-order valence-electron chi connectivity index (χ2n) is 4.85. The van der Waals surface area contributed by atoms with Crippen molar-refractivity contribution < 1.29 is 14.2 Å². The lowest BCUT2D eigenvalue weighted by atomic mass is 9.98. The predicted octanol–water partition coefficient (Wildman–Crippen LogP) is 2.90. The van der Waals surface area contributed by atoms with Crippen molar-refractivity contribution in [2.45, 2.75) is 13.0 Å². The molecule has 0 aromatic heterocycles. The Morgan fingerprint density at radius 3 is 2.81 bits per heavy atom. The molecular formula is C17H19NO3. The van der Waals surface area contributed by atoms with Gasteiger partial charge in [-0.15, -0.1) is 0 Å². The predicted molar refractivity (Wildman–Crippen MR) is 81.1 cm³/mol. The fourth-order valence-electron chi connectivity index (χ4n) is 2.49. The lowest BCUT2D eigenvalue weighted by Gasteiger charge is -2.23. The van der Waals surface area contributed by atoms with Crippen molar-refractivity contribution in [3.8, 4) is 17.2 Å². The number of ether oxygens (including phenoxy) is 3. The molecule has 21 heavy (non-hydrogen) atoms. The molecule has 110 valence electrons. The number of benzene rings is 2. The Kier molecular flexibility index (Phi) is 3.97. The molecule has 0 radical (unpaired) electrons. The van der Waals surface area contributed by atoms with Gasteiger partial charge in [0.15, 0.2) is 11.5 Å². The fraction of sp³-hybridized carbons (Fsp3) is 0.294. The van der Waals surface area contributed by atoms with E-state index in [-0.39, 0.29) is 6.04 Å². The fourth-order valence-corrected chi connectivity index (χ4v) is 2.49. The minimum absolute atomic E-state index is 0.276. The average molecular weight is 285 g/mol. The van der Waals surface area contributed by atoms with Crippen LogP contribution < -0.4 is 19.9 Å². The number of hydrogen-bond acceptors (Lipinski definition) is 4. The minimum Gasteiger partial charge on any atom is -0.494 e. The molecule has 1 unspecified atom stereocenters. The molecule has 0 aliphatic carbocycles. The first-order chi connectivity index (χ1) is 10.3. The summed E-state index contributed by atoms with van der Waals surface area (Å²) in [5.41, 5.74) is 8.34. The second kappa shape index (κ2) is 6.06. The van der Waals surface area contributed by atoms with Crippen molar-refractivity contribution in [2.75, 3.05) is 19.8 Å². The summed E-state index contributed by atoms with van der Waals surface area (Å²) in [6.07, 6.45) is 0. The van der Waals surface area contributed by atoms with Crippen LogP contribution in [-0.4, -0.2) is 19.8 Å². The van der Waals surface area contributed by atoms with E-state index in [4.69, 9.17) is 19.9 Å². The van der Waals surface area contributed by atoms with Gasteiger partial charge in [0.25, 0.3) is 0 Å². The standard InChI is InChI=1S/C17H19NO3/c1-2-19-13-6-3-5-12(11-13)16(18)14-7-4-8-15-17(14)21-10-9-20-15/h3-8,11,16H,2,9-10,18H2,1H3. The average Bonchev–Trinajstić information content (AvgIpc) is 2.54. The van der Waals surface area contributed by atoms with Crippen LogP contribution in [0.15, 0.2) is 42.5 Å². The SMILES string of the molecule is CCOc1cccc(C(N)c2cccc3c2OCCO3)c1. The monoisotopic (exact) mass is 285 g/mol. The van der Waals surface area contributed by atoms with E-state index < -0.39 is 0 Å². The summed E-state index contributed by atoms with van der Waals surface area (Å²) in [6.45, 7) is 3.73. The van der Waals surface area contributed by atoms with E-state index in [1.165, 1.54) is 0 Å². The molecule has 4 heteroatoms. The van der Waals surface area contributed by atoms with Crippen molar-refractivity contribution in [2.24, 2.45) is 5.73 Å². The molecule has 0 amide bonds. The third-order valence-electron chi connectivity index (χ3n) is 3.46. The van der Waals surface area contributed by atoms with Crippen LogP contribution in [-0.2, 0) is 0 Å². The summed E-state index contributed by atoms with van der Waals surface area (Å²) >= 11 is 0. The highest BCUT2D eigenvalue weighted by Crippen LogP contribution is 2.38. The van der Waals surface area contributed by atoms with Crippen molar-refractivity contribution >= 4 is 0 Å². The minimum atomic E-state index is -0.276. The number of rotatable bonds is 4. The quantitative estimate of drug-likeness (QED) is 0.938. The molecule has 2 aromatic carbocycles. The third kappa shape index (κ3) is 2.81. The van der Waals surface area contributed by atoms with Crippen molar-refractivity contribution in [1.29, 1.82) is 0 Å². The Balaban J connectivity index is 1.95. The molecule has 1 aliphatic rings. The van der Waals surface area contributed by atoms with Crippen LogP contribution in [0.3, 0.4) is 0 Å². The van der Waals surface area contributed by atoms with E-state index in [1.807, 2.05) is 49.4 Å². The van der Waals surface area contributed by atoms with Crippen LogP contribution in [0.2, 0.25) is 0 Å². The van der Waals surface area contributed by atoms with Crippen LogP contribution in [0.1, 0.15) is 24.1 Å². The molecule has 1 atom stereocenters. The normalized spacial score (nSPS) is 14.6. The zero-order chi connectivity index (χ0) is 14.7. The van der Waals surface area contributed by atoms with Crippen LogP contribution in [0.4, 0.5) is 0 Å². The Labute approximate surface area is 124 Å². The molecule has 3 rings (SSSR count). The molecule has 1 aliphatic heterocycles. The van der Waals surface area contributed by atoms with Gasteiger partial charge in [-0.3, -0.25) is 0 Å². The maximum atomic E-state index is 6.41. The summed E-state index contributed by atoms with van der Waals surface area (Å²) in [7, 11) is 0. The highest BCUT2D eigenvalue weighted by Gasteiger charge is 2.21. The van der Waals surface area contributed by atoms with Gasteiger partial charge >= 0.3 is 0 Å². The van der Waals surface area contributed by atoms with Crippen LogP contribution in [0.25, 0.3) is 0 Å². The molecule has 2 N–H and O–H groups in total. The molecular weight excluding hydrogens is 266 g/mol. The Bertz CT molecular complexity index is 627. The molecule has 2 aromatic rings. The smallest absolute Gasteiger partial charge is 0.166 e. The van der Waals surface area contributed by atoms with E-state index in [0.717, 1.165) is 28.4 Å². The van der Waals surface area contributed by atoms with Gasteiger partial charge in [-0.05, 0) is 30.7 Å². The maximum Gasteiger partial charge on any atom is 0.166 e. The first-order valence-corrected chi connectivity index (χ1v) is 7.16. The topological polar surface area (TPSA) is 53.7 Å². The van der Waals surface area contributed by atoms with E-state index in [1.54, 1.807) is 0 Å². The highest BCUT2D eigenvalue weighted by molar-refractivity contribution is 5.51. The van der Waals surface area contributed by atoms with E-state index in [0.29, 0.717) is 19.8 Å². The van der Waals surface area contributed by atoms with E-state index in [9.17, 15) is 0 Å². The zero-order valence-corrected chi connectivity index (χ0v) is 12.0. The van der Waals surface area contributed by atoms with Gasteiger partial charge in [-0.2, -0.15) is 0 Å². The van der Waals surface area contributed by atoms with Gasteiger partial charge in [0.1, 0.15) is 19.0 Å². The summed E-state index contributed by atoms with van der Waals surface area (Å²) in [5, 5.41) is 0. The van der Waals surface area contributed by atoms with E-state index >= 15 is 0 Å². The highest BCUT2D eigenvalue weighted by atomic mass is 16.6. The number of nitrogens with two attached hydrogens (primary N) is 1. The molecule has 4 nitrogen and oxygen atoms in total. The Hall–Kier alpha value is -2.20. The van der Waals surface area contributed by atoms with Crippen LogP contribution in [0.5, 0.6) is 17.2 Å². The lowest BCUT2D eigenvalue weighted by molar-refractivity contribution is 0.169. The largest absolute Gasteiger partial charge is 0.494 e. The lowest BCUT2D eigenvalue weighted by Crippen LogP contribution is -2.20. The van der Waals surface area contributed by atoms with Gasteiger partial charge in [0.2, 0.25) is 0 Å². The first kappa shape index (κ1) is 13.8. The number of hydrogen-bond donors (Lipinski definition) is 1. The third-order valence-corrected chi connectivity index (χ3v) is 3.46. The zero-order valence-electron chi connectivity index (χ0n) is 12.0. The Morgan fingerprint density at radius 1 is 1.14 bits per heavy atom. The molecule has 0 saturated carbocycles. The van der Waals surface area contributed by atoms with Crippen molar-refractivity contribution in [3.05, 3.63) is 53.6 Å². The van der Waals surface area contributed by atoms with Gasteiger partial charge in [0, 0.05) is 5.56 Å². The molecule has 0 spiro atoms. The van der Waals surface area contributed by atoms with Crippen molar-refractivity contribution in [3.63, 3.8) is 0 Å². The summed E-state index contributed by atoms with van der Waals surface area (Å²) < 4.78 is 16.9. The van der Waals surface area contributed by atoms with Crippen molar-refractivity contribution in [1.82, 2.24) is 0 Å². The number of fused-ring (bicyclic) bond motifs is 1. The van der Waals surface area contributed by atoms with Gasteiger partial charge in [-0.25, -0.2) is 0 Å². The van der Waals surface area contributed by atoms with Crippen LogP contribution in [0, 0.1) is 0 Å². The van der Waals surface area contributed by atoms with Gasteiger partial charge in [-0.1, -0.05) is 24.3 Å². The Morgan fingerprint density at radius 2 is 1.95 bits per heavy atom.